The summed E-state index contributed by atoms with van der Waals surface area (Å²) in [6.45, 7) is 2.94. The van der Waals surface area contributed by atoms with Crippen LogP contribution in [0.4, 0.5) is 5.69 Å². The van der Waals surface area contributed by atoms with Crippen molar-refractivity contribution in [3.8, 4) is 6.07 Å². The molecule has 3 atom stereocenters. The number of para-hydroxylation sites is 1. The van der Waals surface area contributed by atoms with Crippen LogP contribution in [0.1, 0.15) is 18.9 Å². The smallest absolute Gasteiger partial charge is 0.0961 e. The van der Waals surface area contributed by atoms with E-state index in [9.17, 15) is 5.26 Å². The van der Waals surface area contributed by atoms with E-state index in [1.165, 1.54) is 5.56 Å². The summed E-state index contributed by atoms with van der Waals surface area (Å²) in [5, 5.41) is 14.2. The van der Waals surface area contributed by atoms with E-state index in [4.69, 9.17) is 0 Å². The van der Waals surface area contributed by atoms with Crippen molar-refractivity contribution in [3.05, 3.63) is 77.9 Å². The third kappa shape index (κ3) is 3.14. The van der Waals surface area contributed by atoms with Gasteiger partial charge in [-0.05, 0) is 31.0 Å². The van der Waals surface area contributed by atoms with E-state index < -0.39 is 0 Å². The molecule has 2 heterocycles. The van der Waals surface area contributed by atoms with Gasteiger partial charge in [0.2, 0.25) is 0 Å². The van der Waals surface area contributed by atoms with Crippen molar-refractivity contribution in [2.75, 3.05) is 5.43 Å². The minimum absolute atomic E-state index is 0.131. The van der Waals surface area contributed by atoms with Gasteiger partial charge in [-0.25, -0.2) is 0 Å². The van der Waals surface area contributed by atoms with Gasteiger partial charge in [-0.15, -0.1) is 0 Å². The van der Waals surface area contributed by atoms with Crippen LogP contribution in [0, 0.1) is 17.2 Å². The first kappa shape index (κ1) is 16.6. The molecule has 26 heavy (non-hydrogen) atoms. The number of nitrogens with zero attached hydrogens (tertiary/aromatic N) is 3. The van der Waals surface area contributed by atoms with Gasteiger partial charge in [0.1, 0.15) is 0 Å². The van der Waals surface area contributed by atoms with Crippen molar-refractivity contribution in [1.82, 2.24) is 4.90 Å². The van der Waals surface area contributed by atoms with Gasteiger partial charge in [-0.1, -0.05) is 54.6 Å². The number of nitriles is 1. The van der Waals surface area contributed by atoms with Gasteiger partial charge in [0, 0.05) is 29.8 Å². The highest BCUT2D eigenvalue weighted by Crippen LogP contribution is 2.42. The standard InChI is InChI=1S/C22H22N4/c1-16(24-25-19-10-6-3-7-11-19)21-13-20-12-18(14-23)22(21)26(20)15-17-8-4-2-5-9-17/h2-12,20-22,25H,13,15H2,1H3/b24-16+/t20-,21+,22-/m0/s1. The molecule has 1 saturated heterocycles. The van der Waals surface area contributed by atoms with Crippen LogP contribution in [0.25, 0.3) is 0 Å². The molecule has 2 aromatic rings. The van der Waals surface area contributed by atoms with Crippen LogP contribution in [0.3, 0.4) is 0 Å². The number of benzene rings is 2. The van der Waals surface area contributed by atoms with Gasteiger partial charge in [0.05, 0.1) is 17.8 Å². The summed E-state index contributed by atoms with van der Waals surface area (Å²) in [5.41, 5.74) is 7.35. The molecule has 0 spiro atoms. The third-order valence-electron chi connectivity index (χ3n) is 5.36. The van der Waals surface area contributed by atoms with Crippen LogP contribution in [0.15, 0.2) is 77.4 Å². The van der Waals surface area contributed by atoms with Crippen molar-refractivity contribution < 1.29 is 0 Å². The molecule has 4 rings (SSSR count). The second-order valence-corrected chi connectivity index (χ2v) is 6.98. The van der Waals surface area contributed by atoms with E-state index in [2.05, 4.69) is 58.8 Å². The van der Waals surface area contributed by atoms with Gasteiger partial charge in [-0.2, -0.15) is 10.4 Å². The number of anilines is 1. The Hall–Kier alpha value is -2.90. The Morgan fingerprint density at radius 3 is 2.54 bits per heavy atom. The molecule has 4 nitrogen and oxygen atoms in total. The van der Waals surface area contributed by atoms with Crippen molar-refractivity contribution in [1.29, 1.82) is 5.26 Å². The quantitative estimate of drug-likeness (QED) is 0.654. The molecule has 0 radical (unpaired) electrons. The van der Waals surface area contributed by atoms with E-state index in [1.54, 1.807) is 0 Å². The minimum atomic E-state index is 0.131. The van der Waals surface area contributed by atoms with Crippen LogP contribution in [-0.4, -0.2) is 22.7 Å². The Balaban J connectivity index is 1.52. The zero-order valence-electron chi connectivity index (χ0n) is 14.8. The lowest BCUT2D eigenvalue weighted by atomic mass is 9.86. The highest BCUT2D eigenvalue weighted by Gasteiger charge is 2.48. The first-order chi connectivity index (χ1) is 12.8. The van der Waals surface area contributed by atoms with Gasteiger partial charge in [0.25, 0.3) is 0 Å². The first-order valence-electron chi connectivity index (χ1n) is 9.03. The molecule has 2 aromatic carbocycles. The summed E-state index contributed by atoms with van der Waals surface area (Å²) < 4.78 is 0. The van der Waals surface area contributed by atoms with E-state index in [1.807, 2.05) is 36.4 Å². The fourth-order valence-electron chi connectivity index (χ4n) is 4.09. The topological polar surface area (TPSA) is 51.4 Å². The molecule has 2 aliphatic rings. The Bertz CT molecular complexity index is 864. The lowest BCUT2D eigenvalue weighted by molar-refractivity contribution is 0.250. The molecular weight excluding hydrogens is 320 g/mol. The highest BCUT2D eigenvalue weighted by molar-refractivity contribution is 5.87. The molecule has 130 valence electrons. The third-order valence-corrected chi connectivity index (χ3v) is 5.36. The van der Waals surface area contributed by atoms with Gasteiger partial charge >= 0.3 is 0 Å². The van der Waals surface area contributed by atoms with Crippen molar-refractivity contribution in [2.24, 2.45) is 11.0 Å². The van der Waals surface area contributed by atoms with Gasteiger partial charge in [-0.3, -0.25) is 10.3 Å². The molecule has 1 fully saturated rings. The molecule has 0 aliphatic carbocycles. The molecular formula is C22H22N4. The van der Waals surface area contributed by atoms with E-state index in [0.717, 1.165) is 29.9 Å². The first-order valence-corrected chi connectivity index (χ1v) is 9.03. The van der Waals surface area contributed by atoms with Crippen LogP contribution >= 0.6 is 0 Å². The summed E-state index contributed by atoms with van der Waals surface area (Å²) in [6.07, 6.45) is 3.16. The van der Waals surface area contributed by atoms with Gasteiger partial charge in [0.15, 0.2) is 0 Å². The lowest BCUT2D eigenvalue weighted by Gasteiger charge is -2.25. The predicted molar refractivity (Wildman–Crippen MR) is 105 cm³/mol. The number of rotatable bonds is 5. The monoisotopic (exact) mass is 342 g/mol. The second-order valence-electron chi connectivity index (χ2n) is 6.98. The van der Waals surface area contributed by atoms with Crippen LogP contribution in [-0.2, 0) is 6.54 Å². The molecule has 1 N–H and O–H groups in total. The van der Waals surface area contributed by atoms with Crippen molar-refractivity contribution in [3.63, 3.8) is 0 Å². The van der Waals surface area contributed by atoms with Crippen LogP contribution in [0.5, 0.6) is 0 Å². The highest BCUT2D eigenvalue weighted by atomic mass is 15.3. The minimum Gasteiger partial charge on any atom is -0.284 e. The molecule has 4 heteroatoms. The molecule has 0 aromatic heterocycles. The van der Waals surface area contributed by atoms with Crippen molar-refractivity contribution in [2.45, 2.75) is 32.0 Å². The summed E-state index contributed by atoms with van der Waals surface area (Å²) in [7, 11) is 0. The van der Waals surface area contributed by atoms with Crippen LogP contribution in [0.2, 0.25) is 0 Å². The molecule has 2 aliphatic heterocycles. The summed E-state index contributed by atoms with van der Waals surface area (Å²) in [4.78, 5) is 2.44. The zero-order chi connectivity index (χ0) is 17.9. The normalized spacial score (nSPS) is 25.0. The Labute approximate surface area is 154 Å². The molecule has 0 saturated carbocycles. The maximum atomic E-state index is 9.58. The second kappa shape index (κ2) is 7.15. The number of hydrogen-bond acceptors (Lipinski definition) is 4. The Morgan fingerprint density at radius 1 is 1.15 bits per heavy atom. The fraction of sp³-hybridized carbons (Fsp3) is 0.273. The summed E-state index contributed by atoms with van der Waals surface area (Å²) in [5.74, 6) is 0.277. The van der Waals surface area contributed by atoms with Crippen LogP contribution < -0.4 is 5.43 Å². The average molecular weight is 342 g/mol. The maximum Gasteiger partial charge on any atom is 0.0961 e. The fourth-order valence-corrected chi connectivity index (χ4v) is 4.09. The summed E-state index contributed by atoms with van der Waals surface area (Å²) >= 11 is 0. The molecule has 0 unspecified atom stereocenters. The maximum absolute atomic E-state index is 9.58. The lowest BCUT2D eigenvalue weighted by Crippen LogP contribution is -2.34. The summed E-state index contributed by atoms with van der Waals surface area (Å²) in [6, 6.07) is 23.3. The number of fused-ring (bicyclic) bond motifs is 2. The average Bonchev–Trinajstić information content (AvgIpc) is 3.21. The number of nitrogens with one attached hydrogen (secondary N) is 1. The van der Waals surface area contributed by atoms with E-state index in [-0.39, 0.29) is 12.0 Å². The number of hydrazone groups is 1. The van der Waals surface area contributed by atoms with E-state index >= 15 is 0 Å². The van der Waals surface area contributed by atoms with E-state index in [0.29, 0.717) is 6.04 Å². The molecule has 0 amide bonds. The largest absolute Gasteiger partial charge is 0.284 e. The Morgan fingerprint density at radius 2 is 1.85 bits per heavy atom. The number of hydrogen-bond donors (Lipinski definition) is 1. The Kier molecular flexibility index (Phi) is 4.55. The van der Waals surface area contributed by atoms with Gasteiger partial charge < -0.3 is 0 Å². The van der Waals surface area contributed by atoms with Crippen molar-refractivity contribution >= 4 is 11.4 Å². The molecule has 2 bridgehead atoms. The zero-order valence-corrected chi connectivity index (χ0v) is 14.8. The predicted octanol–water partition coefficient (Wildman–Crippen LogP) is 4.20. The SMILES string of the molecule is C/C(=N\Nc1ccccc1)[C@H]1C[C@@H]2C=C(C#N)[C@@H]1N2Cc1ccccc1.